The minimum absolute atomic E-state index is 0.385. The molecule has 0 fully saturated rings. The van der Waals surface area contributed by atoms with Crippen molar-refractivity contribution in [3.8, 4) is 5.75 Å². The van der Waals surface area contributed by atoms with Crippen LogP contribution >= 0.6 is 0 Å². The van der Waals surface area contributed by atoms with Crippen LogP contribution in [0.1, 0.15) is 49.0 Å². The lowest BCUT2D eigenvalue weighted by Gasteiger charge is -2.46. The van der Waals surface area contributed by atoms with Crippen molar-refractivity contribution in [1.82, 2.24) is 0 Å². The van der Waals surface area contributed by atoms with E-state index < -0.39 is 11.9 Å². The zero-order valence-electron chi connectivity index (χ0n) is 14.7. The molecule has 0 amide bonds. The van der Waals surface area contributed by atoms with Gasteiger partial charge in [0.25, 0.3) is 0 Å². The molecule has 3 aromatic rings. The molecule has 2 bridgehead atoms. The summed E-state index contributed by atoms with van der Waals surface area (Å²) in [7, 11) is 0. The third-order valence-electron chi connectivity index (χ3n) is 5.39. The maximum atomic E-state index is 12.8. The van der Waals surface area contributed by atoms with E-state index in [0.29, 0.717) is 23.3 Å². The summed E-state index contributed by atoms with van der Waals surface area (Å²) < 4.78 is 18.4. The van der Waals surface area contributed by atoms with Crippen LogP contribution in [0.3, 0.4) is 0 Å². The first-order valence-electron chi connectivity index (χ1n) is 9.21. The number of benzene rings is 2. The van der Waals surface area contributed by atoms with E-state index in [1.165, 1.54) is 5.56 Å². The Balaban J connectivity index is 1.79. The second-order valence-electron chi connectivity index (χ2n) is 7.12. The number of hydrogen-bond donors (Lipinski definition) is 0. The third kappa shape index (κ3) is 2.22. The molecule has 5 rings (SSSR count). The average molecular weight is 348 g/mol. The number of rotatable bonds is 3. The molecule has 0 unspecified atom stereocenters. The molecular formula is C22H20O4. The highest BCUT2D eigenvalue weighted by Crippen LogP contribution is 2.50. The molecule has 4 nitrogen and oxygen atoms in total. The first kappa shape index (κ1) is 15.6. The van der Waals surface area contributed by atoms with Gasteiger partial charge in [-0.1, -0.05) is 49.7 Å². The molecular weight excluding hydrogens is 328 g/mol. The fourth-order valence-electron chi connectivity index (χ4n) is 4.14. The van der Waals surface area contributed by atoms with E-state index >= 15 is 0 Å². The minimum Gasteiger partial charge on any atom is -0.461 e. The maximum absolute atomic E-state index is 12.8. The fourth-order valence-corrected chi connectivity index (χ4v) is 4.14. The smallest absolute Gasteiger partial charge is 0.346 e. The number of fused-ring (bicyclic) bond motifs is 8. The van der Waals surface area contributed by atoms with Crippen molar-refractivity contribution in [1.29, 1.82) is 0 Å². The number of ether oxygens (including phenoxy) is 2. The molecule has 0 N–H and O–H groups in total. The maximum Gasteiger partial charge on any atom is 0.346 e. The summed E-state index contributed by atoms with van der Waals surface area (Å²) in [6.07, 6.45) is 3.10. The Morgan fingerprint density at radius 2 is 1.92 bits per heavy atom. The molecule has 2 aromatic carbocycles. The number of hydrogen-bond acceptors (Lipinski definition) is 4. The van der Waals surface area contributed by atoms with E-state index in [2.05, 4.69) is 13.0 Å². The van der Waals surface area contributed by atoms with Crippen molar-refractivity contribution in [2.75, 3.05) is 0 Å². The minimum atomic E-state index is -0.724. The van der Waals surface area contributed by atoms with Gasteiger partial charge in [-0.15, -0.1) is 0 Å². The molecule has 0 saturated carbocycles. The van der Waals surface area contributed by atoms with Crippen LogP contribution < -0.4 is 10.4 Å². The van der Waals surface area contributed by atoms with Gasteiger partial charge in [0, 0.05) is 12.8 Å². The summed E-state index contributed by atoms with van der Waals surface area (Å²) in [5.41, 5.74) is 2.85. The van der Waals surface area contributed by atoms with Gasteiger partial charge in [-0.2, -0.15) is 0 Å². The Kier molecular flexibility index (Phi) is 3.44. The van der Waals surface area contributed by atoms with Gasteiger partial charge in [0.15, 0.2) is 0 Å². The van der Waals surface area contributed by atoms with Crippen molar-refractivity contribution < 1.29 is 13.9 Å². The zero-order chi connectivity index (χ0) is 17.7. The molecule has 26 heavy (non-hydrogen) atoms. The fraction of sp³-hybridized carbons (Fsp3) is 0.318. The Bertz CT molecular complexity index is 1050. The second kappa shape index (κ2) is 5.71. The normalized spacial score (nSPS) is 23.2. The molecule has 0 saturated heterocycles. The highest BCUT2D eigenvalue weighted by molar-refractivity contribution is 5.85. The summed E-state index contributed by atoms with van der Waals surface area (Å²) in [5, 5.41) is 0.829. The van der Waals surface area contributed by atoms with E-state index in [0.717, 1.165) is 30.2 Å². The van der Waals surface area contributed by atoms with Gasteiger partial charge >= 0.3 is 5.63 Å². The first-order chi connectivity index (χ1) is 12.7. The van der Waals surface area contributed by atoms with Crippen LogP contribution in [-0.2, 0) is 11.2 Å². The number of para-hydroxylation sites is 1. The topological polar surface area (TPSA) is 48.7 Å². The lowest BCUT2D eigenvalue weighted by molar-refractivity contribution is -0.232. The zero-order valence-corrected chi connectivity index (χ0v) is 14.7. The molecule has 1 aromatic heterocycles. The van der Waals surface area contributed by atoms with Gasteiger partial charge in [-0.25, -0.2) is 4.79 Å². The van der Waals surface area contributed by atoms with Crippen LogP contribution in [0.4, 0.5) is 0 Å². The Labute approximate surface area is 151 Å². The van der Waals surface area contributed by atoms with Crippen LogP contribution in [0.2, 0.25) is 0 Å². The third-order valence-corrected chi connectivity index (χ3v) is 5.39. The quantitative estimate of drug-likeness (QED) is 0.642. The first-order valence-corrected chi connectivity index (χ1v) is 9.21. The van der Waals surface area contributed by atoms with E-state index in [1.807, 2.05) is 36.4 Å². The highest BCUT2D eigenvalue weighted by atomic mass is 16.7. The Morgan fingerprint density at radius 1 is 1.12 bits per heavy atom. The lowest BCUT2D eigenvalue weighted by Crippen LogP contribution is -2.50. The monoisotopic (exact) mass is 348 g/mol. The molecule has 2 aliphatic rings. The van der Waals surface area contributed by atoms with Gasteiger partial charge in [0.1, 0.15) is 23.0 Å². The largest absolute Gasteiger partial charge is 0.461 e. The van der Waals surface area contributed by atoms with E-state index in [9.17, 15) is 4.79 Å². The van der Waals surface area contributed by atoms with Gasteiger partial charge in [-0.05, 0) is 29.7 Å². The van der Waals surface area contributed by atoms with Gasteiger partial charge in [0.2, 0.25) is 5.79 Å². The van der Waals surface area contributed by atoms with Crippen LogP contribution in [0.25, 0.3) is 11.0 Å². The Hall–Kier alpha value is -2.59. The van der Waals surface area contributed by atoms with Crippen LogP contribution in [0, 0.1) is 0 Å². The van der Waals surface area contributed by atoms with Crippen molar-refractivity contribution in [2.24, 2.45) is 0 Å². The van der Waals surface area contributed by atoms with E-state index in [-0.39, 0.29) is 5.63 Å². The molecule has 2 aliphatic heterocycles. The summed E-state index contributed by atoms with van der Waals surface area (Å²) >= 11 is 0. The summed E-state index contributed by atoms with van der Waals surface area (Å²) in [6.45, 7) is 2.16. The standard InChI is InChI=1S/C22H20O4/c1-2-3-12-22-13-14-8-4-5-9-15(14)19(25-22)18-20(26-22)16-10-6-7-11-17(16)24-21(18)23/h4-11,19H,2-3,12-13H2,1H3/t19-,22-/m0/s1. The molecule has 0 radical (unpaired) electrons. The van der Waals surface area contributed by atoms with Crippen LogP contribution in [0.15, 0.2) is 57.7 Å². The summed E-state index contributed by atoms with van der Waals surface area (Å²) in [5.74, 6) is -0.0998. The SMILES string of the molecule is CCCC[C@]12Cc3ccccc3[C@H](O1)c1c(c3ccccc3oc1=O)O2. The number of unbranched alkanes of at least 4 members (excludes halogenated alkanes) is 1. The van der Waals surface area contributed by atoms with Gasteiger partial charge < -0.3 is 13.9 Å². The predicted octanol–water partition coefficient (Wildman–Crippen LogP) is 4.73. The predicted molar refractivity (Wildman–Crippen MR) is 98.4 cm³/mol. The second-order valence-corrected chi connectivity index (χ2v) is 7.12. The molecule has 4 heteroatoms. The van der Waals surface area contributed by atoms with E-state index in [1.54, 1.807) is 6.07 Å². The molecule has 2 atom stereocenters. The summed E-state index contributed by atoms with van der Waals surface area (Å²) in [6, 6.07) is 15.7. The van der Waals surface area contributed by atoms with Crippen molar-refractivity contribution in [3.63, 3.8) is 0 Å². The van der Waals surface area contributed by atoms with E-state index in [4.69, 9.17) is 13.9 Å². The lowest BCUT2D eigenvalue weighted by atomic mass is 9.85. The highest BCUT2D eigenvalue weighted by Gasteiger charge is 2.48. The van der Waals surface area contributed by atoms with Crippen LogP contribution in [0.5, 0.6) is 5.75 Å². The Morgan fingerprint density at radius 3 is 2.81 bits per heavy atom. The van der Waals surface area contributed by atoms with Gasteiger partial charge in [0.05, 0.1) is 5.39 Å². The van der Waals surface area contributed by atoms with Crippen molar-refractivity contribution in [2.45, 2.75) is 44.5 Å². The molecule has 132 valence electrons. The molecule has 0 aliphatic carbocycles. The van der Waals surface area contributed by atoms with Gasteiger partial charge in [-0.3, -0.25) is 0 Å². The van der Waals surface area contributed by atoms with Crippen molar-refractivity contribution >= 4 is 11.0 Å². The van der Waals surface area contributed by atoms with Crippen LogP contribution in [-0.4, -0.2) is 5.79 Å². The van der Waals surface area contributed by atoms with Crippen molar-refractivity contribution in [3.05, 3.63) is 75.6 Å². The molecule has 0 spiro atoms. The average Bonchev–Trinajstić information content (AvgIpc) is 2.66. The summed E-state index contributed by atoms with van der Waals surface area (Å²) in [4.78, 5) is 12.8. The molecule has 3 heterocycles.